The van der Waals surface area contributed by atoms with E-state index < -0.39 is 11.9 Å². The third-order valence-electron chi connectivity index (χ3n) is 2.29. The molecule has 0 aliphatic heterocycles. The highest BCUT2D eigenvalue weighted by atomic mass is 16.4. The van der Waals surface area contributed by atoms with Gasteiger partial charge in [-0.25, -0.2) is 4.52 Å². The molecule has 1 N–H and O–H groups in total. The van der Waals surface area contributed by atoms with Gasteiger partial charge >= 0.3 is 5.97 Å². The number of carboxylic acids is 1. The zero-order chi connectivity index (χ0) is 10.1. The van der Waals surface area contributed by atoms with E-state index in [1.54, 1.807) is 23.8 Å². The van der Waals surface area contributed by atoms with Gasteiger partial charge in [-0.2, -0.15) is 5.10 Å². The molecule has 4 heteroatoms. The molecule has 0 saturated carbocycles. The van der Waals surface area contributed by atoms with Crippen LogP contribution in [0.4, 0.5) is 0 Å². The largest absolute Gasteiger partial charge is 0.481 e. The Bertz CT molecular complexity index is 476. The molecule has 2 rings (SSSR count). The Labute approximate surface area is 80.8 Å². The fraction of sp³-hybridized carbons (Fsp3) is 0.200. The molecule has 1 atom stereocenters. The molecule has 0 radical (unpaired) electrons. The summed E-state index contributed by atoms with van der Waals surface area (Å²) in [5, 5.41) is 12.9. The minimum absolute atomic E-state index is 0.497. The van der Waals surface area contributed by atoms with Crippen molar-refractivity contribution in [3.05, 3.63) is 36.2 Å². The van der Waals surface area contributed by atoms with Crippen LogP contribution in [0.25, 0.3) is 5.52 Å². The van der Waals surface area contributed by atoms with Crippen molar-refractivity contribution >= 4 is 11.5 Å². The Hall–Kier alpha value is -1.84. The third kappa shape index (κ3) is 1.35. The van der Waals surface area contributed by atoms with Crippen molar-refractivity contribution in [3.63, 3.8) is 0 Å². The molecular weight excluding hydrogens is 180 g/mol. The zero-order valence-corrected chi connectivity index (χ0v) is 7.71. The van der Waals surface area contributed by atoms with Gasteiger partial charge in [0.15, 0.2) is 0 Å². The number of aromatic nitrogens is 2. The Morgan fingerprint density at radius 3 is 3.00 bits per heavy atom. The van der Waals surface area contributed by atoms with E-state index >= 15 is 0 Å². The first-order valence-electron chi connectivity index (χ1n) is 4.34. The minimum Gasteiger partial charge on any atom is -0.481 e. The Morgan fingerprint density at radius 1 is 1.50 bits per heavy atom. The van der Waals surface area contributed by atoms with E-state index in [-0.39, 0.29) is 0 Å². The molecule has 2 aromatic rings. The van der Waals surface area contributed by atoms with Crippen LogP contribution in [0.5, 0.6) is 0 Å². The first kappa shape index (κ1) is 8.74. The van der Waals surface area contributed by atoms with Crippen molar-refractivity contribution in [3.8, 4) is 0 Å². The summed E-state index contributed by atoms with van der Waals surface area (Å²) in [6.07, 6.45) is 3.43. The molecule has 4 nitrogen and oxygen atoms in total. The van der Waals surface area contributed by atoms with Crippen molar-refractivity contribution in [2.24, 2.45) is 0 Å². The average Bonchev–Trinajstić information content (AvgIpc) is 2.62. The second kappa shape index (κ2) is 3.14. The zero-order valence-electron chi connectivity index (χ0n) is 7.71. The smallest absolute Gasteiger partial charge is 0.310 e. The third-order valence-corrected chi connectivity index (χ3v) is 2.29. The van der Waals surface area contributed by atoms with Crippen LogP contribution in [0.15, 0.2) is 30.6 Å². The van der Waals surface area contributed by atoms with Crippen LogP contribution in [-0.2, 0) is 4.79 Å². The summed E-state index contributed by atoms with van der Waals surface area (Å²) in [7, 11) is 0. The number of rotatable bonds is 2. The lowest BCUT2D eigenvalue weighted by Crippen LogP contribution is -2.08. The molecule has 0 aliphatic rings. The predicted molar refractivity (Wildman–Crippen MR) is 51.2 cm³/mol. The first-order valence-corrected chi connectivity index (χ1v) is 4.34. The molecule has 0 aliphatic carbocycles. The number of carbonyl (C=O) groups is 1. The fourth-order valence-electron chi connectivity index (χ4n) is 1.33. The summed E-state index contributed by atoms with van der Waals surface area (Å²) in [4.78, 5) is 10.7. The van der Waals surface area contributed by atoms with E-state index in [1.165, 1.54) is 0 Å². The maximum absolute atomic E-state index is 10.7. The van der Waals surface area contributed by atoms with Gasteiger partial charge in [-0.15, -0.1) is 0 Å². The van der Waals surface area contributed by atoms with E-state index in [2.05, 4.69) is 5.10 Å². The summed E-state index contributed by atoms with van der Waals surface area (Å²) in [6, 6.07) is 5.55. The summed E-state index contributed by atoms with van der Waals surface area (Å²) in [5.41, 5.74) is 1.72. The normalized spacial score (nSPS) is 12.9. The van der Waals surface area contributed by atoms with Crippen molar-refractivity contribution in [1.82, 2.24) is 9.61 Å². The van der Waals surface area contributed by atoms with Crippen LogP contribution in [0, 0.1) is 0 Å². The number of aliphatic carboxylic acids is 1. The lowest BCUT2D eigenvalue weighted by atomic mass is 10.0. The molecular formula is C10H10N2O2. The maximum atomic E-state index is 10.7. The van der Waals surface area contributed by atoms with Crippen LogP contribution < -0.4 is 0 Å². The van der Waals surface area contributed by atoms with Gasteiger partial charge in [-0.05, 0) is 24.6 Å². The van der Waals surface area contributed by atoms with E-state index in [9.17, 15) is 4.79 Å². The average molecular weight is 190 g/mol. The van der Waals surface area contributed by atoms with Crippen molar-refractivity contribution in [1.29, 1.82) is 0 Å². The van der Waals surface area contributed by atoms with Gasteiger partial charge in [0.05, 0.1) is 11.4 Å². The van der Waals surface area contributed by atoms with Crippen molar-refractivity contribution in [2.75, 3.05) is 0 Å². The number of hydrogen-bond acceptors (Lipinski definition) is 2. The molecule has 1 unspecified atom stereocenters. The molecule has 0 aromatic carbocycles. The van der Waals surface area contributed by atoms with Crippen molar-refractivity contribution in [2.45, 2.75) is 12.8 Å². The Morgan fingerprint density at radius 2 is 2.29 bits per heavy atom. The highest BCUT2D eigenvalue weighted by Gasteiger charge is 2.13. The van der Waals surface area contributed by atoms with Gasteiger partial charge in [0, 0.05) is 12.4 Å². The lowest BCUT2D eigenvalue weighted by Gasteiger charge is -2.06. The van der Waals surface area contributed by atoms with E-state index in [0.717, 1.165) is 11.1 Å². The van der Waals surface area contributed by atoms with Gasteiger partial charge < -0.3 is 5.11 Å². The van der Waals surface area contributed by atoms with Gasteiger partial charge in [-0.1, -0.05) is 6.07 Å². The standard InChI is InChI=1S/C10H10N2O2/c1-7(10(13)14)8-2-3-9-4-5-11-12(9)6-8/h2-7H,1H3,(H,13,14). The number of nitrogens with zero attached hydrogens (tertiary/aromatic N) is 2. The number of hydrogen-bond donors (Lipinski definition) is 1. The van der Waals surface area contributed by atoms with Crippen molar-refractivity contribution < 1.29 is 9.90 Å². The summed E-state index contributed by atoms with van der Waals surface area (Å²) in [5.74, 6) is -1.32. The first-order chi connectivity index (χ1) is 6.68. The highest BCUT2D eigenvalue weighted by molar-refractivity contribution is 5.75. The second-order valence-corrected chi connectivity index (χ2v) is 3.22. The van der Waals surface area contributed by atoms with E-state index in [4.69, 9.17) is 5.11 Å². The topological polar surface area (TPSA) is 54.6 Å². The van der Waals surface area contributed by atoms with Crippen LogP contribution in [0.1, 0.15) is 18.4 Å². The lowest BCUT2D eigenvalue weighted by molar-refractivity contribution is -0.138. The van der Waals surface area contributed by atoms with E-state index in [1.807, 2.05) is 18.2 Å². The van der Waals surface area contributed by atoms with Crippen LogP contribution in [0.2, 0.25) is 0 Å². The molecule has 0 spiro atoms. The SMILES string of the molecule is CC(C(=O)O)c1ccc2ccnn2c1. The molecule has 14 heavy (non-hydrogen) atoms. The minimum atomic E-state index is -0.823. The number of fused-ring (bicyclic) bond motifs is 1. The Balaban J connectivity index is 2.48. The van der Waals surface area contributed by atoms with Crippen LogP contribution in [-0.4, -0.2) is 20.7 Å². The van der Waals surface area contributed by atoms with Gasteiger partial charge in [0.2, 0.25) is 0 Å². The van der Waals surface area contributed by atoms with Gasteiger partial charge in [-0.3, -0.25) is 4.79 Å². The second-order valence-electron chi connectivity index (χ2n) is 3.22. The Kier molecular flexibility index (Phi) is 1.96. The molecule has 2 aromatic heterocycles. The van der Waals surface area contributed by atoms with Crippen LogP contribution in [0.3, 0.4) is 0 Å². The summed E-state index contributed by atoms with van der Waals surface area (Å²) >= 11 is 0. The quantitative estimate of drug-likeness (QED) is 0.781. The number of carboxylic acid groups (broad SMARTS) is 1. The van der Waals surface area contributed by atoms with E-state index in [0.29, 0.717) is 0 Å². The monoisotopic (exact) mass is 190 g/mol. The van der Waals surface area contributed by atoms with Gasteiger partial charge in [0.1, 0.15) is 0 Å². The van der Waals surface area contributed by atoms with Crippen LogP contribution >= 0.6 is 0 Å². The molecule has 0 saturated heterocycles. The molecule has 0 bridgehead atoms. The summed E-state index contributed by atoms with van der Waals surface area (Å²) < 4.78 is 1.68. The fourth-order valence-corrected chi connectivity index (χ4v) is 1.33. The molecule has 0 fully saturated rings. The van der Waals surface area contributed by atoms with Gasteiger partial charge in [0.25, 0.3) is 0 Å². The summed E-state index contributed by atoms with van der Waals surface area (Å²) in [6.45, 7) is 1.66. The predicted octanol–water partition coefficient (Wildman–Crippen LogP) is 1.52. The highest BCUT2D eigenvalue weighted by Crippen LogP contribution is 2.15. The molecule has 0 amide bonds. The number of pyridine rings is 1. The molecule has 72 valence electrons. The maximum Gasteiger partial charge on any atom is 0.310 e. The molecule has 2 heterocycles.